The molecule has 10 rings (SSSR count). The Labute approximate surface area is 643 Å². The van der Waals surface area contributed by atoms with Crippen LogP contribution in [0.25, 0.3) is 0 Å². The number of carbonyl (C=O) groups excluding carboxylic acids is 5. The lowest BCUT2D eigenvalue weighted by molar-refractivity contribution is -0.392. The van der Waals surface area contributed by atoms with E-state index in [0.717, 1.165) is 55.4 Å². The molecule has 5 saturated heterocycles. The third-order valence-electron chi connectivity index (χ3n) is 18.4. The van der Waals surface area contributed by atoms with E-state index in [0.29, 0.717) is 17.9 Å². The lowest BCUT2D eigenvalue weighted by atomic mass is 9.93. The summed E-state index contributed by atoms with van der Waals surface area (Å²) in [5.74, 6) is -3.94. The Morgan fingerprint density at radius 1 is 0.505 bits per heavy atom. The van der Waals surface area contributed by atoms with Crippen molar-refractivity contribution < 1.29 is 110 Å². The minimum Gasteiger partial charge on any atom is -0.462 e. The van der Waals surface area contributed by atoms with Crippen molar-refractivity contribution in [2.24, 2.45) is 5.41 Å². The van der Waals surface area contributed by atoms with Gasteiger partial charge in [-0.15, -0.1) is 11.6 Å². The molecule has 21 atom stereocenters. The molecule has 0 spiro atoms. The van der Waals surface area contributed by atoms with Gasteiger partial charge in [0.25, 0.3) is 9.70 Å². The molecule has 5 aliphatic heterocycles. The van der Waals surface area contributed by atoms with Crippen LogP contribution in [-0.4, -0.2) is 194 Å². The molecule has 5 heterocycles. The van der Waals surface area contributed by atoms with E-state index in [4.69, 9.17) is 127 Å². The van der Waals surface area contributed by atoms with E-state index in [1.807, 2.05) is 128 Å². The molecule has 584 valence electrons. The fraction of sp³-hybridized carbons (Fsp3) is 0.551. The second kappa shape index (κ2) is 40.3. The first-order valence-electron chi connectivity index (χ1n) is 35.9. The van der Waals surface area contributed by atoms with Crippen LogP contribution < -0.4 is 10.6 Å². The molecule has 0 aromatic heterocycles. The largest absolute Gasteiger partial charge is 0.462 e. The van der Waals surface area contributed by atoms with Crippen molar-refractivity contribution in [3.05, 3.63) is 179 Å². The highest BCUT2D eigenvalue weighted by molar-refractivity contribution is 6.76. The Hall–Kier alpha value is -5.99. The van der Waals surface area contributed by atoms with E-state index in [2.05, 4.69) is 10.6 Å². The SMILES string of the molecule is CC(=O)N[C@H]1[C@H](OCCCCCCCl)O[C@H](COCc2ccccc2)[C@@H](O[C@@H]2O[C@H](COC(=O)C(C)(C)C)[C@H](OC(C)=O)[C@H](O[C@@H]3O[C@@H]4COC(c5ccccc5)O[C@H]4[C@H](O)[C@H]3NC(=O)C(Cl)(Cl)Cl)[C@H]2OC(C)=O)[C@@H]1O[C@@H]1O[C@@H](C)[C@@H](OCc2ccccc2)[C@@H](OCc2ccccc2)[C@@H]1OCc1ccccc1. The van der Waals surface area contributed by atoms with Crippen LogP contribution >= 0.6 is 46.4 Å². The average Bonchev–Trinajstić information content (AvgIpc) is 0.720. The number of carbonyl (C=O) groups is 5. The monoisotopic (exact) mass is 1570 g/mol. The average molecular weight is 1570 g/mol. The number of amides is 2. The summed E-state index contributed by atoms with van der Waals surface area (Å²) in [5, 5.41) is 18.2. The molecular weight excluding hydrogens is 1470 g/mol. The molecule has 1 unspecified atom stereocenters. The zero-order valence-electron chi connectivity index (χ0n) is 60.7. The van der Waals surface area contributed by atoms with Gasteiger partial charge in [0, 0.05) is 38.8 Å². The first-order valence-corrected chi connectivity index (χ1v) is 37.6. The van der Waals surface area contributed by atoms with Crippen molar-refractivity contribution in [3.8, 4) is 0 Å². The van der Waals surface area contributed by atoms with Gasteiger partial charge in [-0.25, -0.2) is 0 Å². The summed E-state index contributed by atoms with van der Waals surface area (Å²) in [5.41, 5.74) is 2.76. The normalized spacial score (nSPS) is 30.3. The molecule has 5 aromatic rings. The van der Waals surface area contributed by atoms with Gasteiger partial charge in [0.2, 0.25) is 5.91 Å². The van der Waals surface area contributed by atoms with Gasteiger partial charge in [-0.3, -0.25) is 24.0 Å². The van der Waals surface area contributed by atoms with Gasteiger partial charge in [0.15, 0.2) is 43.7 Å². The van der Waals surface area contributed by atoms with Gasteiger partial charge >= 0.3 is 17.9 Å². The molecule has 2 amide bonds. The lowest BCUT2D eigenvalue weighted by Crippen LogP contribution is -2.71. The van der Waals surface area contributed by atoms with Crippen LogP contribution in [0.3, 0.4) is 0 Å². The molecule has 0 bridgehead atoms. The molecule has 107 heavy (non-hydrogen) atoms. The predicted molar refractivity (Wildman–Crippen MR) is 389 cm³/mol. The van der Waals surface area contributed by atoms with E-state index < -0.39 is 175 Å². The maximum absolute atomic E-state index is 14.1. The van der Waals surface area contributed by atoms with E-state index >= 15 is 0 Å². The van der Waals surface area contributed by atoms with Crippen molar-refractivity contribution >= 4 is 76.1 Å². The number of unbranched alkanes of at least 4 members (excludes halogenated alkanes) is 3. The first-order chi connectivity index (χ1) is 51.4. The summed E-state index contributed by atoms with van der Waals surface area (Å²) in [6.07, 6.45) is -24.5. The van der Waals surface area contributed by atoms with Crippen LogP contribution in [0.4, 0.5) is 0 Å². The number of hydrogen-bond donors (Lipinski definition) is 3. The van der Waals surface area contributed by atoms with Crippen LogP contribution in [0, 0.1) is 5.41 Å². The summed E-state index contributed by atoms with van der Waals surface area (Å²) in [7, 11) is 0. The van der Waals surface area contributed by atoms with E-state index in [-0.39, 0.29) is 46.2 Å². The van der Waals surface area contributed by atoms with Crippen LogP contribution in [0.15, 0.2) is 152 Å². The van der Waals surface area contributed by atoms with Crippen LogP contribution in [0.1, 0.15) is 108 Å². The van der Waals surface area contributed by atoms with Gasteiger partial charge in [-0.2, -0.15) is 0 Å². The summed E-state index contributed by atoms with van der Waals surface area (Å²) >= 11 is 24.8. The summed E-state index contributed by atoms with van der Waals surface area (Å²) < 4.78 is 112. The number of benzene rings is 5. The van der Waals surface area contributed by atoms with Gasteiger partial charge in [-0.05, 0) is 62.8 Å². The van der Waals surface area contributed by atoms with Gasteiger partial charge < -0.3 is 96.3 Å². The lowest BCUT2D eigenvalue weighted by Gasteiger charge is -2.52. The molecule has 5 fully saturated rings. The van der Waals surface area contributed by atoms with E-state index in [1.165, 1.54) is 6.92 Å². The van der Waals surface area contributed by atoms with Crippen molar-refractivity contribution in [3.63, 3.8) is 0 Å². The molecule has 3 N–H and O–H groups in total. The Bertz CT molecular complexity index is 3560. The van der Waals surface area contributed by atoms with Gasteiger partial charge in [0.05, 0.1) is 51.2 Å². The standard InChI is InChI=1S/C78H96Cl4N2O23/c1-46-61(93-40-51-29-17-11-18-30-51)66(94-41-52-31-19-12-20-32-52)68(95-42-53-33-21-13-22-34-53)73(98-46)106-65-59(83-47(2)85)71(92-38-26-9-8-25-37-79)101-55(43-91-39-50-27-15-10-16-28-50)63(65)105-74-69(100-49(4)87)67(64(99-48(3)86)57(103-74)45-97-76(90)77(5,6)7)107-72-58(84-75(89)78(80,81)82)60(88)62-56(102-72)44-96-70(104-62)54-35-23-14-24-36-54/h10-24,27-36,46,55-74,88H,8-9,25-26,37-45H2,1-7H3,(H,83,85)(H,84,89)/t46-,55+,56+,57+,58+,59+,60+,61+,62+,63+,64-,65+,66+,67-,68-,69+,70?,71+,72-,73-,74-/m0/s1. The molecule has 0 aliphatic carbocycles. The smallest absolute Gasteiger partial charge is 0.311 e. The van der Waals surface area contributed by atoms with Crippen molar-refractivity contribution in [1.29, 1.82) is 0 Å². The third kappa shape index (κ3) is 23.8. The van der Waals surface area contributed by atoms with Gasteiger partial charge in [-0.1, -0.05) is 199 Å². The zero-order chi connectivity index (χ0) is 76.2. The summed E-state index contributed by atoms with van der Waals surface area (Å²) in [6.45, 7) is 9.35. The third-order valence-corrected chi connectivity index (χ3v) is 19.1. The number of hydrogen-bond acceptors (Lipinski definition) is 23. The Morgan fingerprint density at radius 3 is 1.57 bits per heavy atom. The molecular formula is C78H96Cl4N2O23. The number of rotatable bonds is 33. The number of ether oxygens (including phenoxy) is 17. The molecule has 29 heteroatoms. The second-order valence-electron chi connectivity index (χ2n) is 27.8. The number of fused-ring (bicyclic) bond motifs is 1. The highest BCUT2D eigenvalue weighted by Gasteiger charge is 2.60. The van der Waals surface area contributed by atoms with Crippen molar-refractivity contribution in [2.45, 2.75) is 233 Å². The molecule has 0 radical (unpaired) electrons. The Morgan fingerprint density at radius 2 is 1.01 bits per heavy atom. The highest BCUT2D eigenvalue weighted by Crippen LogP contribution is 2.42. The molecule has 5 aliphatic rings. The van der Waals surface area contributed by atoms with E-state index in [1.54, 1.807) is 51.1 Å². The summed E-state index contributed by atoms with van der Waals surface area (Å²) in [6, 6.07) is 43.8. The first kappa shape index (κ1) is 83.5. The number of nitrogens with one attached hydrogen (secondary N) is 2. The fourth-order valence-electron chi connectivity index (χ4n) is 13.1. The van der Waals surface area contributed by atoms with E-state index in [9.17, 15) is 29.1 Å². The fourth-order valence-corrected chi connectivity index (χ4v) is 13.5. The minimum atomic E-state index is -2.64. The van der Waals surface area contributed by atoms with Crippen LogP contribution in [-0.2, 0) is 131 Å². The maximum Gasteiger partial charge on any atom is 0.311 e. The molecule has 5 aromatic carbocycles. The minimum absolute atomic E-state index is 0.00637. The van der Waals surface area contributed by atoms with Crippen LogP contribution in [0.5, 0.6) is 0 Å². The zero-order valence-corrected chi connectivity index (χ0v) is 63.7. The van der Waals surface area contributed by atoms with Crippen molar-refractivity contribution in [2.75, 3.05) is 32.3 Å². The second-order valence-corrected chi connectivity index (χ2v) is 30.4. The highest BCUT2D eigenvalue weighted by atomic mass is 35.6. The predicted octanol–water partition coefficient (Wildman–Crippen LogP) is 10.1. The Balaban J connectivity index is 1.11. The number of halogens is 4. The molecule has 0 saturated carbocycles. The topological polar surface area (TPSA) is 287 Å². The maximum atomic E-state index is 14.1. The molecule has 25 nitrogen and oxygen atoms in total. The Kier molecular flexibility index (Phi) is 31.4. The van der Waals surface area contributed by atoms with Crippen molar-refractivity contribution in [1.82, 2.24) is 10.6 Å². The summed E-state index contributed by atoms with van der Waals surface area (Å²) in [4.78, 5) is 69.8. The van der Waals surface area contributed by atoms with Crippen LogP contribution in [0.2, 0.25) is 0 Å². The quantitative estimate of drug-likeness (QED) is 0.0152. The van der Waals surface area contributed by atoms with Gasteiger partial charge in [0.1, 0.15) is 85.8 Å². The number of alkyl halides is 4. The number of aliphatic hydroxyl groups is 1. The number of esters is 3. The number of aliphatic hydroxyl groups excluding tert-OH is 1.